The highest BCUT2D eigenvalue weighted by Gasteiger charge is 2.15. The van der Waals surface area contributed by atoms with Crippen LogP contribution in [0.3, 0.4) is 0 Å². The molecule has 0 aliphatic heterocycles. The van der Waals surface area contributed by atoms with Crippen LogP contribution in [0.5, 0.6) is 0 Å². The Morgan fingerprint density at radius 3 is 2.64 bits per heavy atom. The quantitative estimate of drug-likeness (QED) is 0.935. The Morgan fingerprint density at radius 2 is 1.91 bits per heavy atom. The van der Waals surface area contributed by atoms with Crippen molar-refractivity contribution in [3.05, 3.63) is 52.2 Å². The number of benzene rings is 1. The Balaban J connectivity index is 2.33. The largest absolute Gasteiger partial charge is 0.359 e. The zero-order chi connectivity index (χ0) is 15.5. The van der Waals surface area contributed by atoms with E-state index in [1.807, 2.05) is 25.1 Å². The Hall–Kier alpha value is -2.42. The monoisotopic (exact) mass is 292 g/mol. The van der Waals surface area contributed by atoms with Crippen molar-refractivity contribution >= 4 is 18.1 Å². The van der Waals surface area contributed by atoms with E-state index in [9.17, 15) is 4.79 Å². The average molecular weight is 292 g/mol. The van der Waals surface area contributed by atoms with Gasteiger partial charge in [0.1, 0.15) is 0 Å². The molecule has 3 nitrogen and oxygen atoms in total. The molecule has 0 saturated heterocycles. The van der Waals surface area contributed by atoms with Gasteiger partial charge in [-0.15, -0.1) is 0 Å². The fourth-order valence-corrected chi connectivity index (χ4v) is 2.99. The number of nitrogens with one attached hydrogen (secondary N) is 1. The smallest absolute Gasteiger partial charge is 0.224 e. The number of amides is 1. The molecule has 0 saturated carbocycles. The molecular weight excluding hydrogens is 272 g/mol. The second-order valence-corrected chi connectivity index (χ2v) is 5.55. The minimum Gasteiger partial charge on any atom is -0.359 e. The van der Waals surface area contributed by atoms with E-state index in [-0.39, 0.29) is 5.91 Å². The van der Waals surface area contributed by atoms with Crippen LogP contribution in [0.1, 0.15) is 24.1 Å². The van der Waals surface area contributed by atoms with Gasteiger partial charge in [0.05, 0.1) is 11.8 Å². The minimum atomic E-state index is 0.0156. The summed E-state index contributed by atoms with van der Waals surface area (Å²) in [6.07, 6.45) is 6.86. The molecule has 1 aliphatic carbocycles. The van der Waals surface area contributed by atoms with Crippen molar-refractivity contribution in [2.45, 2.75) is 26.2 Å². The van der Waals surface area contributed by atoms with Gasteiger partial charge in [0, 0.05) is 18.0 Å². The van der Waals surface area contributed by atoms with Crippen molar-refractivity contribution < 1.29 is 4.79 Å². The van der Waals surface area contributed by atoms with Crippen LogP contribution in [0.25, 0.3) is 23.3 Å². The third-order valence-corrected chi connectivity index (χ3v) is 4.10. The number of carbonyl (C=O) groups excluding carboxylic acids is 1. The molecule has 0 unspecified atom stereocenters. The van der Waals surface area contributed by atoms with Crippen LogP contribution < -0.4 is 15.9 Å². The number of nitrogens with zero attached hydrogens (tertiary/aromatic N) is 1. The molecule has 112 valence electrons. The molecule has 0 bridgehead atoms. The Morgan fingerprint density at radius 1 is 1.18 bits per heavy atom. The molecule has 22 heavy (non-hydrogen) atoms. The Labute approximate surface area is 130 Å². The van der Waals surface area contributed by atoms with Crippen LogP contribution >= 0.6 is 0 Å². The minimum absolute atomic E-state index is 0.0156. The first-order valence-electron chi connectivity index (χ1n) is 7.66. The second-order valence-electron chi connectivity index (χ2n) is 5.55. The lowest BCUT2D eigenvalue weighted by Gasteiger charge is -2.15. The lowest BCUT2D eigenvalue weighted by atomic mass is 9.92. The number of hydrogen-bond donors (Lipinski definition) is 1. The zero-order valence-electron chi connectivity index (χ0n) is 13.0. The summed E-state index contributed by atoms with van der Waals surface area (Å²) in [7, 11) is 1.67. The van der Waals surface area contributed by atoms with E-state index in [0.29, 0.717) is 6.42 Å². The summed E-state index contributed by atoms with van der Waals surface area (Å²) in [6.45, 7) is 1.99. The molecule has 1 N–H and O–H groups in total. The normalized spacial score (nSPS) is 12.8. The lowest BCUT2D eigenvalue weighted by Crippen LogP contribution is -2.35. The van der Waals surface area contributed by atoms with E-state index in [0.717, 1.165) is 40.6 Å². The van der Waals surface area contributed by atoms with Gasteiger partial charge >= 0.3 is 0 Å². The van der Waals surface area contributed by atoms with Crippen molar-refractivity contribution in [1.29, 1.82) is 0 Å². The number of rotatable bonds is 3. The molecule has 0 radical (unpaired) electrons. The summed E-state index contributed by atoms with van der Waals surface area (Å²) in [6, 6.07) is 10.3. The third-order valence-electron chi connectivity index (χ3n) is 4.10. The SMILES string of the molecule is CNC(=O)Cc1c(C)nc2c(c1-c1ccccc1)=CCCC=2. The highest BCUT2D eigenvalue weighted by Crippen LogP contribution is 2.22. The molecule has 1 heterocycles. The van der Waals surface area contributed by atoms with Crippen molar-refractivity contribution in [3.63, 3.8) is 0 Å². The molecule has 3 heteroatoms. The number of aryl methyl sites for hydroxylation is 1. The highest BCUT2D eigenvalue weighted by molar-refractivity contribution is 5.82. The van der Waals surface area contributed by atoms with Crippen LogP contribution in [0.4, 0.5) is 0 Å². The van der Waals surface area contributed by atoms with Gasteiger partial charge in [-0.1, -0.05) is 42.5 Å². The van der Waals surface area contributed by atoms with Crippen LogP contribution in [0, 0.1) is 6.92 Å². The fourth-order valence-electron chi connectivity index (χ4n) is 2.99. The summed E-state index contributed by atoms with van der Waals surface area (Å²) in [5.74, 6) is 0.0156. The second kappa shape index (κ2) is 6.14. The fraction of sp³-hybridized carbons (Fsp3) is 0.263. The molecule has 1 amide bonds. The number of fused-ring (bicyclic) bond motifs is 1. The van der Waals surface area contributed by atoms with E-state index in [1.165, 1.54) is 5.22 Å². The molecule has 0 atom stereocenters. The van der Waals surface area contributed by atoms with E-state index in [4.69, 9.17) is 4.98 Å². The van der Waals surface area contributed by atoms with Gasteiger partial charge in [-0.05, 0) is 36.5 Å². The van der Waals surface area contributed by atoms with Crippen molar-refractivity contribution in [1.82, 2.24) is 10.3 Å². The summed E-state index contributed by atoms with van der Waals surface area (Å²) >= 11 is 0. The summed E-state index contributed by atoms with van der Waals surface area (Å²) < 4.78 is 0. The molecule has 3 rings (SSSR count). The number of likely N-dealkylation sites (N-methyl/N-ethyl adjacent to an activating group) is 1. The molecule has 0 fully saturated rings. The topological polar surface area (TPSA) is 42.0 Å². The van der Waals surface area contributed by atoms with E-state index >= 15 is 0 Å². The Bertz CT molecular complexity index is 823. The summed E-state index contributed by atoms with van der Waals surface area (Å²) in [5, 5.41) is 4.93. The number of pyridine rings is 1. The molecule has 2 aromatic rings. The van der Waals surface area contributed by atoms with Crippen LogP contribution in [0.2, 0.25) is 0 Å². The van der Waals surface area contributed by atoms with Gasteiger partial charge in [-0.2, -0.15) is 0 Å². The van der Waals surface area contributed by atoms with Crippen molar-refractivity contribution in [2.75, 3.05) is 7.05 Å². The molecule has 1 aliphatic rings. The zero-order valence-corrected chi connectivity index (χ0v) is 13.0. The summed E-state index contributed by atoms with van der Waals surface area (Å²) in [4.78, 5) is 16.6. The number of hydrogen-bond acceptors (Lipinski definition) is 2. The first kappa shape index (κ1) is 14.5. The van der Waals surface area contributed by atoms with Gasteiger partial charge in [0.25, 0.3) is 0 Å². The van der Waals surface area contributed by atoms with Gasteiger partial charge in [0.2, 0.25) is 5.91 Å². The first-order valence-corrected chi connectivity index (χ1v) is 7.66. The van der Waals surface area contributed by atoms with Gasteiger partial charge in [0.15, 0.2) is 0 Å². The Kier molecular flexibility index (Phi) is 4.05. The first-order chi connectivity index (χ1) is 10.7. The van der Waals surface area contributed by atoms with E-state index < -0.39 is 0 Å². The maximum absolute atomic E-state index is 11.9. The van der Waals surface area contributed by atoms with Crippen LogP contribution in [-0.4, -0.2) is 17.9 Å². The van der Waals surface area contributed by atoms with Crippen molar-refractivity contribution in [2.24, 2.45) is 0 Å². The predicted molar refractivity (Wildman–Crippen MR) is 89.6 cm³/mol. The van der Waals surface area contributed by atoms with E-state index in [2.05, 4.69) is 29.6 Å². The van der Waals surface area contributed by atoms with Gasteiger partial charge < -0.3 is 5.32 Å². The molecular formula is C19H20N2O. The van der Waals surface area contributed by atoms with E-state index in [1.54, 1.807) is 7.05 Å². The highest BCUT2D eigenvalue weighted by atomic mass is 16.1. The molecule has 1 aromatic carbocycles. The molecule has 0 spiro atoms. The summed E-state index contributed by atoms with van der Waals surface area (Å²) in [5.41, 5.74) is 4.26. The van der Waals surface area contributed by atoms with Gasteiger partial charge in [-0.3, -0.25) is 9.78 Å². The van der Waals surface area contributed by atoms with Gasteiger partial charge in [-0.25, -0.2) is 0 Å². The van der Waals surface area contributed by atoms with Crippen LogP contribution in [-0.2, 0) is 11.2 Å². The predicted octanol–water partition coefficient (Wildman–Crippen LogP) is 1.70. The maximum Gasteiger partial charge on any atom is 0.224 e. The third kappa shape index (κ3) is 2.67. The van der Waals surface area contributed by atoms with Crippen molar-refractivity contribution in [3.8, 4) is 11.1 Å². The lowest BCUT2D eigenvalue weighted by molar-refractivity contribution is -0.119. The van der Waals surface area contributed by atoms with Crippen LogP contribution in [0.15, 0.2) is 30.3 Å². The average Bonchev–Trinajstić information content (AvgIpc) is 2.56. The maximum atomic E-state index is 11.9. The standard InChI is InChI=1S/C19H20N2O/c1-13-16(12-18(22)20-2)19(14-8-4-3-5-9-14)15-10-6-7-11-17(15)21-13/h3-5,8-11H,6-7,12H2,1-2H3,(H,20,22). The number of aromatic nitrogens is 1. The molecule has 1 aromatic heterocycles. The number of carbonyl (C=O) groups is 1.